The third kappa shape index (κ3) is 45.1. The highest BCUT2D eigenvalue weighted by atomic mass is 16.8. The number of carbonyl (C=O) groups excluding carboxylic acids is 1. The number of aliphatic hydroxyl groups is 11. The third-order valence-electron chi connectivity index (χ3n) is 20.3. The van der Waals surface area contributed by atoms with Crippen molar-refractivity contribution in [2.45, 2.75) is 407 Å². The summed E-state index contributed by atoms with van der Waals surface area (Å²) in [6.07, 6.45) is 65.1. The fraction of sp³-hybridized carbons (Fsp3) is 0.782. The molecule has 3 fully saturated rings. The van der Waals surface area contributed by atoms with E-state index in [-0.39, 0.29) is 18.9 Å². The molecule has 17 atom stereocenters. The number of carbonyl (C=O) groups is 1. The van der Waals surface area contributed by atoms with Crippen LogP contribution < -0.4 is 5.32 Å². The first-order chi connectivity index (χ1) is 51.8. The number of ether oxygens (including phenoxy) is 6. The SMILES string of the molecule is CC/C=C\C/C=C\C/C=C\C/C=C\C/C=C\C/C=C\CCCCCCCCCCCCCCCCCCCCC(=O)NC(COC1OC(CO)C(OC2OC(CO)C(OC3OC(CO)C(O)C(O)C3O)C(O)C2O)C(O)C1O)C(O)/C=C/CC/C=C/CC/C=C/CCCCCCCCCCCCCCCC. The second-order valence-corrected chi connectivity index (χ2v) is 29.5. The van der Waals surface area contributed by atoms with Crippen LogP contribution in [0.25, 0.3) is 0 Å². The number of aliphatic hydroxyl groups excluding tert-OH is 11. The van der Waals surface area contributed by atoms with Gasteiger partial charge in [0.15, 0.2) is 18.9 Å². The van der Waals surface area contributed by atoms with Gasteiger partial charge < -0.3 is 89.9 Å². The van der Waals surface area contributed by atoms with E-state index in [0.29, 0.717) is 12.8 Å². The summed E-state index contributed by atoms with van der Waals surface area (Å²) in [4.78, 5) is 13.5. The maximum absolute atomic E-state index is 13.5. The Kier molecular flexibility index (Phi) is 60.3. The normalized spacial score (nSPS) is 26.2. The van der Waals surface area contributed by atoms with E-state index >= 15 is 0 Å². The Morgan fingerprint density at radius 2 is 0.660 bits per heavy atom. The standard InChI is InChI=1S/C87H151NO18/c1-3-5-7-9-11-13-15-17-19-21-23-25-27-29-30-31-32-33-34-35-36-37-38-39-40-41-43-45-47-49-51-53-55-57-59-61-63-65-75(93)88-70(71(92)64-62-60-58-56-54-52-50-48-46-44-42-28-26-24-22-20-18-16-14-12-10-8-6-4-2)69-101-85-81(99)78(96)83(73(67-90)103-85)106-87-82(100)79(97)84(74(68-91)104-87)105-86-80(98)77(95)76(94)72(66-89)102-86/h5,7,11,13,17,19,23,25,29-30,32-33,46,48,54,56,62,64,70-74,76-87,89-92,94-100H,3-4,6,8-10,12,14-16,18,20-22,24,26-28,31,34-45,47,49-53,55,57-61,63,65-69H2,1-2H3,(H,88,93)/b7-5-,13-11-,19-17-,25-23-,30-29-,33-32-,48-46+,56-54+,64-62+. The lowest BCUT2D eigenvalue weighted by Crippen LogP contribution is -2.66. The molecule has 19 heteroatoms. The van der Waals surface area contributed by atoms with Crippen molar-refractivity contribution in [2.75, 3.05) is 26.4 Å². The molecule has 0 aromatic carbocycles. The summed E-state index contributed by atoms with van der Waals surface area (Å²) in [5.41, 5.74) is 0. The first-order valence-electron chi connectivity index (χ1n) is 42.1. The molecular formula is C87H151NO18. The van der Waals surface area contributed by atoms with Crippen molar-refractivity contribution in [3.8, 4) is 0 Å². The van der Waals surface area contributed by atoms with E-state index in [1.165, 1.54) is 186 Å². The summed E-state index contributed by atoms with van der Waals surface area (Å²) in [6.45, 7) is 1.62. The monoisotopic (exact) mass is 1500 g/mol. The van der Waals surface area contributed by atoms with Crippen molar-refractivity contribution < 1.29 is 89.4 Å². The molecule has 12 N–H and O–H groups in total. The average Bonchev–Trinajstić information content (AvgIpc) is 0.780. The molecule has 612 valence electrons. The van der Waals surface area contributed by atoms with E-state index in [0.717, 1.165) is 83.5 Å². The number of hydrogen-bond donors (Lipinski definition) is 12. The van der Waals surface area contributed by atoms with Crippen molar-refractivity contribution in [3.63, 3.8) is 0 Å². The maximum Gasteiger partial charge on any atom is 0.220 e. The molecule has 3 aliphatic heterocycles. The number of rotatable bonds is 66. The Morgan fingerprint density at radius 1 is 0.349 bits per heavy atom. The van der Waals surface area contributed by atoms with E-state index in [1.54, 1.807) is 6.08 Å². The largest absolute Gasteiger partial charge is 0.394 e. The lowest BCUT2D eigenvalue weighted by Gasteiger charge is -2.48. The highest BCUT2D eigenvalue weighted by Gasteiger charge is 2.54. The maximum atomic E-state index is 13.5. The van der Waals surface area contributed by atoms with Crippen molar-refractivity contribution in [1.29, 1.82) is 0 Å². The Bertz CT molecular complexity index is 2340. The van der Waals surface area contributed by atoms with Gasteiger partial charge in [0.05, 0.1) is 38.6 Å². The fourth-order valence-electron chi connectivity index (χ4n) is 13.6. The van der Waals surface area contributed by atoms with E-state index in [2.05, 4.69) is 116 Å². The summed E-state index contributed by atoms with van der Waals surface area (Å²) in [5, 5.41) is 121. The number of unbranched alkanes of at least 4 members (excludes halogenated alkanes) is 34. The van der Waals surface area contributed by atoms with Gasteiger partial charge in [0, 0.05) is 6.42 Å². The molecule has 0 saturated carbocycles. The predicted molar refractivity (Wildman–Crippen MR) is 424 cm³/mol. The first kappa shape index (κ1) is 96.6. The molecule has 0 radical (unpaired) electrons. The molecule has 3 heterocycles. The first-order valence-corrected chi connectivity index (χ1v) is 42.1. The zero-order chi connectivity index (χ0) is 76.7. The summed E-state index contributed by atoms with van der Waals surface area (Å²) in [5.74, 6) is -0.289. The van der Waals surface area contributed by atoms with E-state index < -0.39 is 124 Å². The van der Waals surface area contributed by atoms with Crippen molar-refractivity contribution >= 4 is 5.91 Å². The van der Waals surface area contributed by atoms with Crippen LogP contribution in [0, 0.1) is 0 Å². The van der Waals surface area contributed by atoms with Crippen LogP contribution in [0.3, 0.4) is 0 Å². The zero-order valence-corrected chi connectivity index (χ0v) is 65.6. The zero-order valence-electron chi connectivity index (χ0n) is 65.6. The Balaban J connectivity index is 1.35. The van der Waals surface area contributed by atoms with E-state index in [9.17, 15) is 61.0 Å². The highest BCUT2D eigenvalue weighted by Crippen LogP contribution is 2.33. The van der Waals surface area contributed by atoms with Gasteiger partial charge >= 0.3 is 0 Å². The molecule has 0 spiro atoms. The summed E-state index contributed by atoms with van der Waals surface area (Å²) in [6, 6.07) is -1.00. The fourth-order valence-corrected chi connectivity index (χ4v) is 13.6. The van der Waals surface area contributed by atoms with Crippen LogP contribution in [0.2, 0.25) is 0 Å². The molecule has 3 rings (SSSR count). The summed E-state index contributed by atoms with van der Waals surface area (Å²) >= 11 is 0. The highest BCUT2D eigenvalue weighted by molar-refractivity contribution is 5.76. The third-order valence-corrected chi connectivity index (χ3v) is 20.3. The molecular weight excluding hydrogens is 1350 g/mol. The second-order valence-electron chi connectivity index (χ2n) is 29.5. The number of amides is 1. The summed E-state index contributed by atoms with van der Waals surface area (Å²) in [7, 11) is 0. The lowest BCUT2D eigenvalue weighted by molar-refractivity contribution is -0.379. The molecule has 0 aromatic rings. The lowest BCUT2D eigenvalue weighted by atomic mass is 9.96. The van der Waals surface area contributed by atoms with Gasteiger partial charge in [-0.1, -0.05) is 309 Å². The van der Waals surface area contributed by atoms with Crippen LogP contribution in [0.1, 0.15) is 303 Å². The number of hydrogen-bond acceptors (Lipinski definition) is 18. The van der Waals surface area contributed by atoms with Crippen molar-refractivity contribution in [2.24, 2.45) is 0 Å². The predicted octanol–water partition coefficient (Wildman–Crippen LogP) is 14.9. The van der Waals surface area contributed by atoms with Crippen LogP contribution in [-0.4, -0.2) is 193 Å². The molecule has 0 bridgehead atoms. The smallest absolute Gasteiger partial charge is 0.220 e. The molecule has 19 nitrogen and oxygen atoms in total. The van der Waals surface area contributed by atoms with Gasteiger partial charge in [-0.05, 0) is 96.3 Å². The number of nitrogens with one attached hydrogen (secondary N) is 1. The van der Waals surface area contributed by atoms with Crippen LogP contribution in [0.15, 0.2) is 109 Å². The van der Waals surface area contributed by atoms with Gasteiger partial charge in [0.25, 0.3) is 0 Å². The van der Waals surface area contributed by atoms with Gasteiger partial charge in [-0.25, -0.2) is 0 Å². The van der Waals surface area contributed by atoms with Gasteiger partial charge in [0.1, 0.15) is 73.2 Å². The van der Waals surface area contributed by atoms with Crippen LogP contribution in [0.5, 0.6) is 0 Å². The van der Waals surface area contributed by atoms with Crippen LogP contribution >= 0.6 is 0 Å². The topological polar surface area (TPSA) is 307 Å². The van der Waals surface area contributed by atoms with Gasteiger partial charge in [-0.2, -0.15) is 0 Å². The molecule has 0 aromatic heterocycles. The Morgan fingerprint density at radius 3 is 1.06 bits per heavy atom. The molecule has 1 amide bonds. The van der Waals surface area contributed by atoms with Crippen molar-refractivity contribution in [1.82, 2.24) is 5.32 Å². The average molecular weight is 1500 g/mol. The van der Waals surface area contributed by atoms with Crippen LogP contribution in [0.4, 0.5) is 0 Å². The minimum atomic E-state index is -1.99. The molecule has 3 saturated heterocycles. The quantitative estimate of drug-likeness (QED) is 0.0199. The molecule has 106 heavy (non-hydrogen) atoms. The van der Waals surface area contributed by atoms with Gasteiger partial charge in [-0.15, -0.1) is 0 Å². The van der Waals surface area contributed by atoms with Crippen LogP contribution in [-0.2, 0) is 33.2 Å². The Hall–Kier alpha value is -3.55. The van der Waals surface area contributed by atoms with E-state index in [1.807, 2.05) is 6.08 Å². The van der Waals surface area contributed by atoms with Crippen molar-refractivity contribution in [3.05, 3.63) is 109 Å². The van der Waals surface area contributed by atoms with Gasteiger partial charge in [0.2, 0.25) is 5.91 Å². The molecule has 3 aliphatic rings. The van der Waals surface area contributed by atoms with Gasteiger partial charge in [-0.3, -0.25) is 4.79 Å². The van der Waals surface area contributed by atoms with E-state index in [4.69, 9.17) is 28.4 Å². The second kappa shape index (κ2) is 66.1. The molecule has 17 unspecified atom stereocenters. The minimum absolute atomic E-state index is 0.229. The summed E-state index contributed by atoms with van der Waals surface area (Å²) < 4.78 is 34.4. The molecule has 0 aliphatic carbocycles. The minimum Gasteiger partial charge on any atom is -0.394 e. The number of allylic oxidation sites excluding steroid dienone is 17. The Labute approximate surface area is 640 Å².